The molecule has 1 amide bonds. The number of thioether (sulfide) groups is 1. The van der Waals surface area contributed by atoms with Crippen LogP contribution in [0, 0.1) is 0 Å². The first kappa shape index (κ1) is 25.6. The maximum Gasteiger partial charge on any atom is 0.329 e. The number of carbonyl (C=O) groups is 2. The van der Waals surface area contributed by atoms with Crippen LogP contribution in [-0.2, 0) is 4.79 Å². The number of rotatable bonds is 8. The molecule has 0 spiro atoms. The van der Waals surface area contributed by atoms with Crippen molar-refractivity contribution in [1.82, 2.24) is 19.9 Å². The van der Waals surface area contributed by atoms with E-state index in [0.717, 1.165) is 29.0 Å². The van der Waals surface area contributed by atoms with Crippen LogP contribution in [0.4, 0.5) is 11.4 Å². The molecular weight excluding hydrogens is 524 g/mol. The van der Waals surface area contributed by atoms with Crippen molar-refractivity contribution < 1.29 is 14.7 Å². The van der Waals surface area contributed by atoms with Crippen molar-refractivity contribution in [1.29, 1.82) is 0 Å². The third-order valence-corrected chi connectivity index (χ3v) is 7.69. The van der Waals surface area contributed by atoms with Crippen molar-refractivity contribution in [2.45, 2.75) is 36.1 Å². The summed E-state index contributed by atoms with van der Waals surface area (Å²) in [5.74, 6) is -0.937. The molecule has 1 aliphatic carbocycles. The molecule has 2 heterocycles. The second kappa shape index (κ2) is 10.4. The second-order valence-corrected chi connectivity index (χ2v) is 10.7. The van der Waals surface area contributed by atoms with Crippen LogP contribution in [0.3, 0.4) is 0 Å². The zero-order valence-electron chi connectivity index (χ0n) is 20.3. The number of nitrogens with two attached hydrogens (primary N) is 1. The second-order valence-electron chi connectivity index (χ2n) is 9.10. The number of aromatic nitrogens is 3. The van der Waals surface area contributed by atoms with Gasteiger partial charge in [0.25, 0.3) is 5.91 Å². The van der Waals surface area contributed by atoms with Crippen LogP contribution in [-0.4, -0.2) is 37.1 Å². The lowest BCUT2D eigenvalue weighted by molar-refractivity contribution is -0.144. The zero-order chi connectivity index (χ0) is 26.9. The summed E-state index contributed by atoms with van der Waals surface area (Å²) in [5, 5.41) is 25.5. The van der Waals surface area contributed by atoms with Crippen LogP contribution < -0.4 is 16.4 Å². The summed E-state index contributed by atoms with van der Waals surface area (Å²) in [6.45, 7) is 4.06. The van der Waals surface area contributed by atoms with Gasteiger partial charge in [-0.2, -0.15) is 0 Å². The molecule has 1 saturated carbocycles. The van der Waals surface area contributed by atoms with Gasteiger partial charge >= 0.3 is 5.97 Å². The van der Waals surface area contributed by atoms with Crippen molar-refractivity contribution in [3.05, 3.63) is 83.0 Å². The number of nitrogens with one attached hydrogen (secondary N) is 2. The number of nitrogen functional groups attached to an aromatic ring is 1. The molecule has 0 aliphatic heterocycles. The number of fused-ring (bicyclic) bond motifs is 1. The van der Waals surface area contributed by atoms with Gasteiger partial charge in [-0.25, -0.2) is 4.79 Å². The lowest BCUT2D eigenvalue weighted by Gasteiger charge is -2.25. The van der Waals surface area contributed by atoms with Gasteiger partial charge in [0.15, 0.2) is 11.5 Å². The molecule has 11 heteroatoms. The van der Waals surface area contributed by atoms with E-state index in [1.54, 1.807) is 40.9 Å². The summed E-state index contributed by atoms with van der Waals surface area (Å²) >= 11 is 7.46. The molecule has 0 unspecified atom stereocenters. The monoisotopic (exact) mass is 548 g/mol. The first-order chi connectivity index (χ1) is 18.3. The molecule has 1 fully saturated rings. The Morgan fingerprint density at radius 3 is 2.55 bits per heavy atom. The van der Waals surface area contributed by atoms with Crippen molar-refractivity contribution >= 4 is 52.3 Å². The number of carboxylic acid groups (broad SMARTS) is 1. The summed E-state index contributed by atoms with van der Waals surface area (Å²) < 4.78 is 1.72. The molecule has 0 radical (unpaired) electrons. The zero-order valence-corrected chi connectivity index (χ0v) is 21.9. The third kappa shape index (κ3) is 5.05. The van der Waals surface area contributed by atoms with E-state index in [9.17, 15) is 14.7 Å². The molecule has 5 N–H and O–H groups in total. The summed E-state index contributed by atoms with van der Waals surface area (Å²) in [4.78, 5) is 25.8. The van der Waals surface area contributed by atoms with Gasteiger partial charge in [0.1, 0.15) is 5.54 Å². The minimum atomic E-state index is -1.24. The smallest absolute Gasteiger partial charge is 0.329 e. The lowest BCUT2D eigenvalue weighted by Crippen LogP contribution is -2.52. The molecule has 9 nitrogen and oxygen atoms in total. The highest BCUT2D eigenvalue weighted by Gasteiger charge is 2.43. The molecule has 5 rings (SSSR count). The first-order valence-corrected chi connectivity index (χ1v) is 13.1. The van der Waals surface area contributed by atoms with Crippen molar-refractivity contribution in [3.63, 3.8) is 0 Å². The number of benzene rings is 2. The number of carboxylic acids is 1. The number of pyridine rings is 1. The maximum absolute atomic E-state index is 13.1. The standard InChI is InChI=1S/C27H25ClN6O3S/c1-16(38-22-15-18(28)8-11-21(22)29)30-19-9-6-17(7-10-19)23-32-33-24-20(5-4-14-34(23)24)25(35)31-27(26(36)37)12-2-3-13-27/h4-11,14-15,30H,1-3,12-13,29H2,(H,31,35)(H,36,37). The topological polar surface area (TPSA) is 135 Å². The Morgan fingerprint density at radius 2 is 1.84 bits per heavy atom. The molecule has 1 aliphatic rings. The maximum atomic E-state index is 13.1. The minimum Gasteiger partial charge on any atom is -0.480 e. The molecule has 4 aromatic rings. The average molecular weight is 549 g/mol. The van der Waals surface area contributed by atoms with Crippen LogP contribution in [0.1, 0.15) is 36.0 Å². The minimum absolute atomic E-state index is 0.269. The van der Waals surface area contributed by atoms with Gasteiger partial charge in [0, 0.05) is 33.1 Å². The molecule has 0 bridgehead atoms. The van der Waals surface area contributed by atoms with E-state index in [1.165, 1.54) is 11.8 Å². The SMILES string of the molecule is C=C(Nc1ccc(-c2nnc3c(C(=O)NC4(C(=O)O)CCCC4)cccn23)cc1)Sc1cc(Cl)ccc1N. The Hall–Kier alpha value is -4.02. The van der Waals surface area contributed by atoms with E-state index in [-0.39, 0.29) is 5.56 Å². The van der Waals surface area contributed by atoms with E-state index in [0.29, 0.717) is 40.1 Å². The molecular formula is C27H25ClN6O3S. The quantitative estimate of drug-likeness (QED) is 0.169. The average Bonchev–Trinajstić information content (AvgIpc) is 3.55. The number of halogens is 1. The van der Waals surface area contributed by atoms with Crippen molar-refractivity contribution in [3.8, 4) is 11.4 Å². The molecule has 2 aromatic carbocycles. The summed E-state index contributed by atoms with van der Waals surface area (Å²) in [6.07, 6.45) is 4.11. The fourth-order valence-corrected chi connectivity index (χ4v) is 5.61. The number of hydrogen-bond donors (Lipinski definition) is 4. The van der Waals surface area contributed by atoms with Crippen LogP contribution in [0.15, 0.2) is 77.3 Å². The molecule has 2 aromatic heterocycles. The predicted octanol–water partition coefficient (Wildman–Crippen LogP) is 5.43. The van der Waals surface area contributed by atoms with E-state index in [2.05, 4.69) is 27.4 Å². The van der Waals surface area contributed by atoms with Crippen LogP contribution >= 0.6 is 23.4 Å². The number of amides is 1. The highest BCUT2D eigenvalue weighted by molar-refractivity contribution is 8.03. The van der Waals surface area contributed by atoms with Gasteiger partial charge in [-0.1, -0.05) is 42.8 Å². The number of nitrogens with zero attached hydrogens (tertiary/aromatic N) is 3. The van der Waals surface area contributed by atoms with E-state index in [4.69, 9.17) is 17.3 Å². The molecule has 194 valence electrons. The summed E-state index contributed by atoms with van der Waals surface area (Å²) in [5.41, 5.74) is 7.63. The Morgan fingerprint density at radius 1 is 1.11 bits per heavy atom. The largest absolute Gasteiger partial charge is 0.480 e. The van der Waals surface area contributed by atoms with E-state index < -0.39 is 17.4 Å². The highest BCUT2D eigenvalue weighted by Crippen LogP contribution is 2.34. The number of aliphatic carboxylic acids is 1. The number of anilines is 2. The fourth-order valence-electron chi connectivity index (χ4n) is 4.56. The normalized spacial score (nSPS) is 14.3. The van der Waals surface area contributed by atoms with Gasteiger partial charge in [-0.3, -0.25) is 9.20 Å². The van der Waals surface area contributed by atoms with Gasteiger partial charge in [0.05, 0.1) is 10.6 Å². The number of hydrogen-bond acceptors (Lipinski definition) is 7. The molecule has 38 heavy (non-hydrogen) atoms. The van der Waals surface area contributed by atoms with E-state index >= 15 is 0 Å². The fraction of sp³-hybridized carbons (Fsp3) is 0.185. The lowest BCUT2D eigenvalue weighted by atomic mass is 9.97. The summed E-state index contributed by atoms with van der Waals surface area (Å²) in [7, 11) is 0. The third-order valence-electron chi connectivity index (χ3n) is 6.53. The molecule has 0 saturated heterocycles. The highest BCUT2D eigenvalue weighted by atomic mass is 35.5. The van der Waals surface area contributed by atoms with E-state index in [1.807, 2.05) is 24.3 Å². The number of carbonyl (C=O) groups excluding carboxylic acids is 1. The first-order valence-electron chi connectivity index (χ1n) is 11.9. The summed E-state index contributed by atoms with van der Waals surface area (Å²) in [6, 6.07) is 16.2. The predicted molar refractivity (Wildman–Crippen MR) is 149 cm³/mol. The van der Waals surface area contributed by atoms with Crippen molar-refractivity contribution in [2.24, 2.45) is 0 Å². The van der Waals surface area contributed by atoms with Crippen LogP contribution in [0.25, 0.3) is 17.0 Å². The van der Waals surface area contributed by atoms with Crippen LogP contribution in [0.2, 0.25) is 5.02 Å². The van der Waals surface area contributed by atoms with Gasteiger partial charge in [-0.05, 0) is 67.4 Å². The molecule has 0 atom stereocenters. The van der Waals surface area contributed by atoms with Gasteiger partial charge in [0.2, 0.25) is 0 Å². The van der Waals surface area contributed by atoms with Crippen molar-refractivity contribution in [2.75, 3.05) is 11.1 Å². The Bertz CT molecular complexity index is 1550. The van der Waals surface area contributed by atoms with Crippen LogP contribution in [0.5, 0.6) is 0 Å². The Balaban J connectivity index is 1.33. The van der Waals surface area contributed by atoms with Gasteiger partial charge in [-0.15, -0.1) is 10.2 Å². The van der Waals surface area contributed by atoms with Gasteiger partial charge < -0.3 is 21.5 Å². The Labute approximate surface area is 228 Å². The Kier molecular flexibility index (Phi) is 7.00.